The molecule has 11 heteroatoms. The maximum atomic E-state index is 13.3. The van der Waals surface area contributed by atoms with Crippen LogP contribution >= 0.6 is 0 Å². The van der Waals surface area contributed by atoms with Gasteiger partial charge in [0.15, 0.2) is 0 Å². The Labute approximate surface area is 125 Å². The Kier molecular flexibility index (Phi) is 4.26. The Hall–Kier alpha value is -3.03. The van der Waals surface area contributed by atoms with E-state index in [2.05, 4.69) is 25.9 Å². The van der Waals surface area contributed by atoms with E-state index in [0.29, 0.717) is 12.1 Å². The summed E-state index contributed by atoms with van der Waals surface area (Å²) in [7, 11) is 0. The molecule has 0 saturated carbocycles. The molecule has 0 fully saturated rings. The molecule has 0 amide bonds. The smallest absolute Gasteiger partial charge is 0.360 e. The Morgan fingerprint density at radius 2 is 2.00 bits per heavy atom. The van der Waals surface area contributed by atoms with E-state index in [0.717, 1.165) is 12.3 Å². The zero-order valence-electron chi connectivity index (χ0n) is 11.1. The lowest BCUT2D eigenvalue weighted by atomic mass is 10.1. The van der Waals surface area contributed by atoms with Crippen LogP contribution in [0.25, 0.3) is 5.57 Å². The van der Waals surface area contributed by atoms with Crippen molar-refractivity contribution in [2.75, 3.05) is 5.32 Å². The van der Waals surface area contributed by atoms with Crippen LogP contribution in [-0.2, 0) is 5.92 Å². The summed E-state index contributed by atoms with van der Waals surface area (Å²) in [4.78, 5) is 0. The first kappa shape index (κ1) is 16.3. The molecule has 0 atom stereocenters. The minimum absolute atomic E-state index is 0.0585. The van der Waals surface area contributed by atoms with Crippen LogP contribution in [-0.4, -0.2) is 26.8 Å². The molecule has 0 bridgehead atoms. The summed E-state index contributed by atoms with van der Waals surface area (Å²) in [5, 5.41) is 23.8. The van der Waals surface area contributed by atoms with Crippen LogP contribution in [0.4, 0.5) is 27.6 Å². The molecule has 1 aromatic carbocycles. The number of hydrogen-bond donors (Lipinski definition) is 2. The molecule has 0 radical (unpaired) electrons. The van der Waals surface area contributed by atoms with Gasteiger partial charge in [0.25, 0.3) is 0 Å². The topological polar surface area (TPSA) is 90.3 Å². The summed E-state index contributed by atoms with van der Waals surface area (Å²) in [5.74, 6) is -5.04. The lowest BCUT2D eigenvalue weighted by Crippen LogP contribution is -2.33. The summed E-state index contributed by atoms with van der Waals surface area (Å²) in [6, 6.07) is 5.32. The number of H-pyrrole nitrogens is 1. The molecule has 2 rings (SSSR count). The predicted octanol–water partition coefficient (Wildman–Crippen LogP) is 2.83. The number of nitrogens with one attached hydrogen (secondary N) is 2. The molecule has 23 heavy (non-hydrogen) atoms. The summed E-state index contributed by atoms with van der Waals surface area (Å²) >= 11 is 0. The van der Waals surface area contributed by atoms with Crippen molar-refractivity contribution in [3.8, 4) is 6.07 Å². The number of anilines is 1. The number of tetrazole rings is 1. The fourth-order valence-electron chi connectivity index (χ4n) is 1.55. The zero-order chi connectivity index (χ0) is 17.1. The average molecular weight is 330 g/mol. The zero-order valence-corrected chi connectivity index (χ0v) is 11.1. The highest BCUT2D eigenvalue weighted by Gasteiger charge is 2.58. The maximum absolute atomic E-state index is 13.3. The first-order valence-electron chi connectivity index (χ1n) is 5.91. The summed E-state index contributed by atoms with van der Waals surface area (Å²) < 4.78 is 63.6. The van der Waals surface area contributed by atoms with Gasteiger partial charge in [-0.15, -0.1) is 10.2 Å². The minimum atomic E-state index is -5.70. The van der Waals surface area contributed by atoms with Crippen LogP contribution in [0.15, 0.2) is 30.5 Å². The van der Waals surface area contributed by atoms with Gasteiger partial charge < -0.3 is 5.32 Å². The van der Waals surface area contributed by atoms with Gasteiger partial charge in [-0.2, -0.15) is 32.4 Å². The summed E-state index contributed by atoms with van der Waals surface area (Å²) in [6.45, 7) is 0. The van der Waals surface area contributed by atoms with E-state index < -0.39 is 17.7 Å². The highest BCUT2D eigenvalue weighted by molar-refractivity contribution is 5.74. The van der Waals surface area contributed by atoms with Crippen LogP contribution in [0, 0.1) is 11.3 Å². The van der Waals surface area contributed by atoms with Gasteiger partial charge in [-0.1, -0.05) is 12.1 Å². The second kappa shape index (κ2) is 5.99. The molecular formula is C12H7F5N6. The van der Waals surface area contributed by atoms with Gasteiger partial charge >= 0.3 is 12.1 Å². The molecule has 1 heterocycles. The predicted molar refractivity (Wildman–Crippen MR) is 67.8 cm³/mol. The number of halogens is 5. The molecule has 0 aliphatic carbocycles. The molecule has 2 aromatic rings. The van der Waals surface area contributed by atoms with Crippen molar-refractivity contribution in [3.05, 3.63) is 41.9 Å². The number of nitriles is 1. The Morgan fingerprint density at radius 1 is 1.26 bits per heavy atom. The fourth-order valence-corrected chi connectivity index (χ4v) is 1.55. The van der Waals surface area contributed by atoms with Gasteiger partial charge in [0.2, 0.25) is 5.82 Å². The van der Waals surface area contributed by atoms with E-state index in [-0.39, 0.29) is 17.1 Å². The van der Waals surface area contributed by atoms with Gasteiger partial charge in [0, 0.05) is 17.5 Å². The number of alkyl halides is 5. The Morgan fingerprint density at radius 3 is 2.57 bits per heavy atom. The number of aromatic nitrogens is 4. The number of aromatic amines is 1. The Bertz CT molecular complexity index is 744. The van der Waals surface area contributed by atoms with E-state index in [9.17, 15) is 22.0 Å². The standard InChI is InChI=1S/C12H7F5N6/c13-11(14,12(15,16)17)8-2-1-3-9(4-8)19-6-7(5-18)10-20-22-23-21-10/h1-4,6,19H,(H,20,21,22,23). The number of rotatable bonds is 4. The van der Waals surface area contributed by atoms with Crippen molar-refractivity contribution in [1.29, 1.82) is 5.26 Å². The van der Waals surface area contributed by atoms with E-state index >= 15 is 0 Å². The first-order valence-corrected chi connectivity index (χ1v) is 5.91. The van der Waals surface area contributed by atoms with Gasteiger partial charge in [-0.05, 0) is 17.3 Å². The molecular weight excluding hydrogens is 323 g/mol. The number of nitrogens with zero attached hydrogens (tertiary/aromatic N) is 4. The molecule has 0 aliphatic heterocycles. The quantitative estimate of drug-likeness (QED) is 0.664. The van der Waals surface area contributed by atoms with Gasteiger partial charge in [0.1, 0.15) is 11.6 Å². The van der Waals surface area contributed by atoms with Crippen molar-refractivity contribution in [2.24, 2.45) is 0 Å². The second-order valence-corrected chi connectivity index (χ2v) is 4.20. The number of allylic oxidation sites excluding steroid dienone is 1. The second-order valence-electron chi connectivity index (χ2n) is 4.20. The molecule has 1 aromatic heterocycles. The van der Waals surface area contributed by atoms with E-state index in [1.165, 1.54) is 6.07 Å². The third-order valence-electron chi connectivity index (χ3n) is 2.67. The van der Waals surface area contributed by atoms with Gasteiger partial charge in [0.05, 0.1) is 0 Å². The van der Waals surface area contributed by atoms with Gasteiger partial charge in [-0.3, -0.25) is 0 Å². The van der Waals surface area contributed by atoms with E-state index in [1.54, 1.807) is 6.07 Å². The number of benzene rings is 1. The van der Waals surface area contributed by atoms with Crippen LogP contribution in [0.3, 0.4) is 0 Å². The van der Waals surface area contributed by atoms with Crippen molar-refractivity contribution in [1.82, 2.24) is 20.6 Å². The molecule has 0 unspecified atom stereocenters. The normalized spacial score (nSPS) is 12.8. The maximum Gasteiger partial charge on any atom is 0.458 e. The van der Waals surface area contributed by atoms with Crippen molar-refractivity contribution < 1.29 is 22.0 Å². The van der Waals surface area contributed by atoms with Gasteiger partial charge in [-0.25, -0.2) is 0 Å². The van der Waals surface area contributed by atoms with Crippen LogP contribution in [0.2, 0.25) is 0 Å². The summed E-state index contributed by atoms with van der Waals surface area (Å²) in [6.07, 6.45) is -4.64. The third kappa shape index (κ3) is 3.42. The minimum Gasteiger partial charge on any atom is -0.360 e. The van der Waals surface area contributed by atoms with Crippen molar-refractivity contribution >= 4 is 11.3 Å². The molecule has 0 saturated heterocycles. The fraction of sp³-hybridized carbons (Fsp3) is 0.167. The first-order chi connectivity index (χ1) is 10.8. The van der Waals surface area contributed by atoms with Crippen molar-refractivity contribution in [2.45, 2.75) is 12.1 Å². The summed E-state index contributed by atoms with van der Waals surface area (Å²) in [5.41, 5.74) is -1.38. The molecule has 0 spiro atoms. The molecule has 2 N–H and O–H groups in total. The number of hydrogen-bond acceptors (Lipinski definition) is 5. The van der Waals surface area contributed by atoms with Crippen LogP contribution < -0.4 is 5.32 Å². The molecule has 0 aliphatic rings. The van der Waals surface area contributed by atoms with E-state index in [1.807, 2.05) is 0 Å². The van der Waals surface area contributed by atoms with Crippen LogP contribution in [0.1, 0.15) is 11.4 Å². The van der Waals surface area contributed by atoms with Crippen LogP contribution in [0.5, 0.6) is 0 Å². The average Bonchev–Trinajstić information content (AvgIpc) is 3.01. The highest BCUT2D eigenvalue weighted by atomic mass is 19.4. The molecule has 6 nitrogen and oxygen atoms in total. The highest BCUT2D eigenvalue weighted by Crippen LogP contribution is 2.44. The largest absolute Gasteiger partial charge is 0.458 e. The molecule has 120 valence electrons. The SMILES string of the molecule is N#CC(=CNc1cccc(C(F)(F)C(F)(F)F)c1)c1nn[nH]n1. The lowest BCUT2D eigenvalue weighted by molar-refractivity contribution is -0.289. The Balaban J connectivity index is 2.26. The lowest BCUT2D eigenvalue weighted by Gasteiger charge is -2.20. The van der Waals surface area contributed by atoms with Crippen molar-refractivity contribution in [3.63, 3.8) is 0 Å². The van der Waals surface area contributed by atoms with E-state index in [4.69, 9.17) is 5.26 Å². The monoisotopic (exact) mass is 330 g/mol. The third-order valence-corrected chi connectivity index (χ3v) is 2.67.